The van der Waals surface area contributed by atoms with Gasteiger partial charge in [-0.2, -0.15) is 0 Å². The van der Waals surface area contributed by atoms with Gasteiger partial charge < -0.3 is 15.4 Å². The Morgan fingerprint density at radius 3 is 2.09 bits per heavy atom. The molecule has 0 aliphatic rings. The zero-order valence-corrected chi connectivity index (χ0v) is 26.0. The summed E-state index contributed by atoms with van der Waals surface area (Å²) in [6.07, 6.45) is 0. The first-order valence-electron chi connectivity index (χ1n) is 13.7. The predicted molar refractivity (Wildman–Crippen MR) is 172 cm³/mol. The first-order chi connectivity index (χ1) is 20.4. The van der Waals surface area contributed by atoms with E-state index in [-0.39, 0.29) is 21.9 Å². The first kappa shape index (κ1) is 31.6. The number of carbonyl (C=O) groups excluding carboxylic acids is 2. The highest BCUT2D eigenvalue weighted by molar-refractivity contribution is 7.92. The maximum Gasteiger partial charge on any atom is 0.264 e. The molecule has 4 rings (SSSR count). The zero-order valence-electron chi connectivity index (χ0n) is 24.4. The second-order valence-corrected chi connectivity index (χ2v) is 13.1. The molecule has 0 unspecified atom stereocenters. The quantitative estimate of drug-likeness (QED) is 0.197. The second-order valence-electron chi connectivity index (χ2n) is 10.8. The molecule has 224 valence electrons. The van der Waals surface area contributed by atoms with Crippen molar-refractivity contribution in [1.82, 2.24) is 0 Å². The average molecular weight is 620 g/mol. The number of amides is 2. The van der Waals surface area contributed by atoms with Crippen LogP contribution in [0.3, 0.4) is 0 Å². The maximum atomic E-state index is 13.8. The van der Waals surface area contributed by atoms with E-state index in [1.54, 1.807) is 67.6 Å². The van der Waals surface area contributed by atoms with E-state index in [4.69, 9.17) is 16.3 Å². The van der Waals surface area contributed by atoms with Gasteiger partial charge in [-0.25, -0.2) is 8.42 Å². The van der Waals surface area contributed by atoms with Crippen LogP contribution in [-0.4, -0.2) is 33.4 Å². The molecule has 4 aromatic carbocycles. The van der Waals surface area contributed by atoms with E-state index in [0.29, 0.717) is 34.3 Å². The van der Waals surface area contributed by atoms with Crippen LogP contribution in [0.5, 0.6) is 5.75 Å². The first-order valence-corrected chi connectivity index (χ1v) is 15.5. The predicted octanol–water partition coefficient (Wildman–Crippen LogP) is 7.12. The molecule has 0 heterocycles. The van der Waals surface area contributed by atoms with Crippen LogP contribution in [0.1, 0.15) is 43.6 Å². The summed E-state index contributed by atoms with van der Waals surface area (Å²) in [6, 6.07) is 26.4. The van der Waals surface area contributed by atoms with Gasteiger partial charge in [0.25, 0.3) is 15.9 Å². The molecule has 43 heavy (non-hydrogen) atoms. The summed E-state index contributed by atoms with van der Waals surface area (Å²) in [5, 5.41) is 5.97. The molecule has 0 fully saturated rings. The molecule has 4 aromatic rings. The Morgan fingerprint density at radius 1 is 0.837 bits per heavy atom. The summed E-state index contributed by atoms with van der Waals surface area (Å²) < 4.78 is 34.2. The fourth-order valence-electron chi connectivity index (χ4n) is 4.30. The number of hydrogen-bond acceptors (Lipinski definition) is 5. The minimum atomic E-state index is -4.19. The van der Waals surface area contributed by atoms with Crippen LogP contribution < -0.4 is 19.7 Å². The van der Waals surface area contributed by atoms with Gasteiger partial charge >= 0.3 is 0 Å². The SMILES string of the molecule is CCOc1ccccc1N(CC(=O)Nc1cccc(NC(=O)c2ccc(C(C)(C)C)cc2)c1)S(=O)(=O)c1ccc(Cl)cc1. The van der Waals surface area contributed by atoms with Crippen molar-refractivity contribution >= 4 is 50.5 Å². The molecule has 0 bridgehead atoms. The van der Waals surface area contributed by atoms with Crippen molar-refractivity contribution in [3.63, 3.8) is 0 Å². The molecule has 0 atom stereocenters. The number of anilines is 3. The summed E-state index contributed by atoms with van der Waals surface area (Å²) >= 11 is 5.98. The van der Waals surface area contributed by atoms with Crippen molar-refractivity contribution in [3.05, 3.63) is 113 Å². The normalized spacial score (nSPS) is 11.5. The van der Waals surface area contributed by atoms with Crippen LogP contribution in [0.4, 0.5) is 17.1 Å². The Kier molecular flexibility index (Phi) is 9.78. The average Bonchev–Trinajstić information content (AvgIpc) is 2.96. The van der Waals surface area contributed by atoms with Crippen molar-refractivity contribution in [1.29, 1.82) is 0 Å². The number of benzene rings is 4. The second kappa shape index (κ2) is 13.3. The number of carbonyl (C=O) groups is 2. The van der Waals surface area contributed by atoms with Crippen molar-refractivity contribution in [2.24, 2.45) is 0 Å². The lowest BCUT2D eigenvalue weighted by Gasteiger charge is -2.26. The van der Waals surface area contributed by atoms with Crippen LogP contribution in [0.2, 0.25) is 5.02 Å². The van der Waals surface area contributed by atoms with E-state index in [9.17, 15) is 18.0 Å². The highest BCUT2D eigenvalue weighted by atomic mass is 35.5. The molecule has 0 aliphatic heterocycles. The minimum absolute atomic E-state index is 0.0313. The molecule has 0 spiro atoms. The van der Waals surface area contributed by atoms with Crippen LogP contribution in [-0.2, 0) is 20.2 Å². The van der Waals surface area contributed by atoms with E-state index in [0.717, 1.165) is 9.87 Å². The van der Waals surface area contributed by atoms with Crippen molar-refractivity contribution in [3.8, 4) is 5.75 Å². The van der Waals surface area contributed by atoms with Crippen LogP contribution in [0, 0.1) is 0 Å². The molecule has 2 N–H and O–H groups in total. The Hall–Kier alpha value is -4.34. The Balaban J connectivity index is 1.55. The van der Waals surface area contributed by atoms with Gasteiger partial charge in [-0.05, 0) is 84.6 Å². The van der Waals surface area contributed by atoms with Gasteiger partial charge in [0.2, 0.25) is 5.91 Å². The lowest BCUT2D eigenvalue weighted by atomic mass is 9.87. The molecule has 0 saturated heterocycles. The summed E-state index contributed by atoms with van der Waals surface area (Å²) in [5.74, 6) is -0.572. The fourth-order valence-corrected chi connectivity index (χ4v) is 5.86. The van der Waals surface area contributed by atoms with E-state index in [1.807, 2.05) is 12.1 Å². The van der Waals surface area contributed by atoms with Crippen molar-refractivity contribution in [2.75, 3.05) is 28.1 Å². The number of halogens is 1. The number of sulfonamides is 1. The third-order valence-corrected chi connectivity index (χ3v) is 8.57. The zero-order chi connectivity index (χ0) is 31.2. The van der Waals surface area contributed by atoms with Crippen LogP contribution in [0.15, 0.2) is 102 Å². The Morgan fingerprint density at radius 2 is 1.47 bits per heavy atom. The lowest BCUT2D eigenvalue weighted by Crippen LogP contribution is -2.38. The molecule has 0 aromatic heterocycles. The van der Waals surface area contributed by atoms with E-state index >= 15 is 0 Å². The van der Waals surface area contributed by atoms with Gasteiger partial charge in [-0.1, -0.05) is 62.7 Å². The van der Waals surface area contributed by atoms with E-state index in [1.165, 1.54) is 24.3 Å². The number of hydrogen-bond donors (Lipinski definition) is 2. The van der Waals surface area contributed by atoms with E-state index < -0.39 is 22.5 Å². The number of ether oxygens (including phenoxy) is 1. The van der Waals surface area contributed by atoms with Gasteiger partial charge in [0.1, 0.15) is 12.3 Å². The number of rotatable bonds is 10. The van der Waals surface area contributed by atoms with Crippen molar-refractivity contribution in [2.45, 2.75) is 38.0 Å². The third-order valence-electron chi connectivity index (χ3n) is 6.54. The summed E-state index contributed by atoms with van der Waals surface area (Å²) in [7, 11) is -4.19. The molecule has 0 radical (unpaired) electrons. The number of para-hydroxylation sites is 2. The van der Waals surface area contributed by atoms with Gasteiger partial charge in [0, 0.05) is 22.0 Å². The smallest absolute Gasteiger partial charge is 0.264 e. The molecule has 0 aliphatic carbocycles. The molecular formula is C33H34ClN3O5S. The summed E-state index contributed by atoms with van der Waals surface area (Å²) in [6.45, 7) is 7.86. The Bertz CT molecular complexity index is 1700. The summed E-state index contributed by atoms with van der Waals surface area (Å²) in [4.78, 5) is 26.1. The topological polar surface area (TPSA) is 105 Å². The number of nitrogens with zero attached hydrogens (tertiary/aromatic N) is 1. The van der Waals surface area contributed by atoms with Gasteiger partial charge in [-0.3, -0.25) is 13.9 Å². The third kappa shape index (κ3) is 7.94. The standard InChI is InChI=1S/C33H34ClN3O5S/c1-5-42-30-12-7-6-11-29(30)37(43(40,41)28-19-17-25(34)18-20-28)22-31(38)35-26-9-8-10-27(21-26)36-32(39)23-13-15-24(16-14-23)33(2,3)4/h6-21H,5,22H2,1-4H3,(H,35,38)(H,36,39). The maximum absolute atomic E-state index is 13.8. The van der Waals surface area contributed by atoms with Crippen molar-refractivity contribution < 1.29 is 22.7 Å². The van der Waals surface area contributed by atoms with Gasteiger partial charge in [-0.15, -0.1) is 0 Å². The fraction of sp³-hybridized carbons (Fsp3) is 0.212. The molecule has 2 amide bonds. The lowest BCUT2D eigenvalue weighted by molar-refractivity contribution is -0.114. The molecule has 0 saturated carbocycles. The molecule has 10 heteroatoms. The molecule has 8 nitrogen and oxygen atoms in total. The highest BCUT2D eigenvalue weighted by Gasteiger charge is 2.29. The Labute approximate surface area is 257 Å². The summed E-state index contributed by atoms with van der Waals surface area (Å²) in [5.41, 5.74) is 2.65. The number of nitrogens with one attached hydrogen (secondary N) is 2. The van der Waals surface area contributed by atoms with E-state index in [2.05, 4.69) is 31.4 Å². The molecular weight excluding hydrogens is 586 g/mol. The van der Waals surface area contributed by atoms with Crippen LogP contribution in [0.25, 0.3) is 0 Å². The minimum Gasteiger partial charge on any atom is -0.492 e. The largest absolute Gasteiger partial charge is 0.492 e. The monoisotopic (exact) mass is 619 g/mol. The van der Waals surface area contributed by atoms with Gasteiger partial charge in [0.05, 0.1) is 17.2 Å². The van der Waals surface area contributed by atoms with Crippen LogP contribution >= 0.6 is 11.6 Å². The highest BCUT2D eigenvalue weighted by Crippen LogP contribution is 2.33. The van der Waals surface area contributed by atoms with Gasteiger partial charge in [0.15, 0.2) is 0 Å².